The Morgan fingerprint density at radius 2 is 2.08 bits per heavy atom. The molecule has 3 aromatic rings. The van der Waals surface area contributed by atoms with Crippen LogP contribution in [0.5, 0.6) is 0 Å². The van der Waals surface area contributed by atoms with E-state index < -0.39 is 15.7 Å². The highest BCUT2D eigenvalue weighted by molar-refractivity contribution is 7.91. The number of nitrogens with one attached hydrogen (secondary N) is 1. The molecule has 0 radical (unpaired) electrons. The highest BCUT2D eigenvalue weighted by Gasteiger charge is 2.16. The van der Waals surface area contributed by atoms with E-state index in [0.29, 0.717) is 16.6 Å². The molecule has 1 aromatic carbocycles. The van der Waals surface area contributed by atoms with Crippen LogP contribution in [0.4, 0.5) is 6.01 Å². The lowest BCUT2D eigenvalue weighted by atomic mass is 10.2. The molecule has 0 bridgehead atoms. The number of amides is 1. The monoisotopic (exact) mass is 411 g/mol. The zero-order valence-corrected chi connectivity index (χ0v) is 16.0. The number of nitrogens with zero attached hydrogens (tertiary/aromatic N) is 2. The summed E-state index contributed by atoms with van der Waals surface area (Å²) in [6.07, 6.45) is 0.407. The predicted octanol–water partition coefficient (Wildman–Crippen LogP) is 3.42. The Hall–Kier alpha value is -2.23. The van der Waals surface area contributed by atoms with E-state index in [9.17, 15) is 13.2 Å². The van der Waals surface area contributed by atoms with Crippen LogP contribution in [0.15, 0.2) is 45.7 Å². The number of thiophene rings is 1. The average molecular weight is 412 g/mol. The van der Waals surface area contributed by atoms with Crippen LogP contribution < -0.4 is 5.32 Å². The van der Waals surface area contributed by atoms with Crippen LogP contribution in [0, 0.1) is 0 Å². The molecule has 0 saturated carbocycles. The van der Waals surface area contributed by atoms with Gasteiger partial charge in [-0.2, -0.15) is 0 Å². The van der Waals surface area contributed by atoms with E-state index in [2.05, 4.69) is 15.5 Å². The Labute approximate surface area is 158 Å². The summed E-state index contributed by atoms with van der Waals surface area (Å²) in [5, 5.41) is 10.1. The Balaban J connectivity index is 1.72. The van der Waals surface area contributed by atoms with Gasteiger partial charge in [-0.25, -0.2) is 8.42 Å². The van der Waals surface area contributed by atoms with Gasteiger partial charge < -0.3 is 4.42 Å². The molecule has 10 heteroatoms. The highest BCUT2D eigenvalue weighted by Crippen LogP contribution is 2.24. The third-order valence-electron chi connectivity index (χ3n) is 3.48. The second-order valence-corrected chi connectivity index (χ2v) is 9.35. The molecule has 0 unspecified atom stereocenters. The first-order chi connectivity index (χ1) is 12.4. The molecule has 1 N–H and O–H groups in total. The first kappa shape index (κ1) is 18.6. The van der Waals surface area contributed by atoms with E-state index in [1.165, 1.54) is 35.6 Å². The molecular formula is C16H14ClN3O4S2. The van der Waals surface area contributed by atoms with Gasteiger partial charge in [-0.1, -0.05) is 29.7 Å². The van der Waals surface area contributed by atoms with Gasteiger partial charge in [0.25, 0.3) is 5.91 Å². The fourth-order valence-electron chi connectivity index (χ4n) is 2.14. The van der Waals surface area contributed by atoms with Crippen molar-refractivity contribution < 1.29 is 17.6 Å². The summed E-state index contributed by atoms with van der Waals surface area (Å²) in [6, 6.07) is 9.36. The second kappa shape index (κ2) is 7.56. The molecule has 136 valence electrons. The van der Waals surface area contributed by atoms with E-state index in [4.69, 9.17) is 16.0 Å². The van der Waals surface area contributed by atoms with Crippen molar-refractivity contribution in [2.24, 2.45) is 0 Å². The minimum atomic E-state index is -3.40. The van der Waals surface area contributed by atoms with Crippen LogP contribution >= 0.6 is 22.9 Å². The molecule has 1 amide bonds. The maximum Gasteiger partial charge on any atom is 0.322 e. The minimum absolute atomic E-state index is 0.0438. The lowest BCUT2D eigenvalue weighted by Gasteiger charge is -2.04. The summed E-state index contributed by atoms with van der Waals surface area (Å²) in [6.45, 7) is 1.54. The summed E-state index contributed by atoms with van der Waals surface area (Å²) in [4.78, 5) is 13.3. The van der Waals surface area contributed by atoms with Gasteiger partial charge in [-0.3, -0.25) is 10.1 Å². The summed E-state index contributed by atoms with van der Waals surface area (Å²) in [5.41, 5.74) is 0.185. The smallest absolute Gasteiger partial charge is 0.322 e. The quantitative estimate of drug-likeness (QED) is 0.666. The van der Waals surface area contributed by atoms with Crippen LogP contribution in [-0.2, 0) is 16.3 Å². The molecule has 0 fully saturated rings. The topological polar surface area (TPSA) is 102 Å². The maximum absolute atomic E-state index is 12.3. The largest absolute Gasteiger partial charge is 0.407 e. The molecule has 0 atom stereocenters. The molecule has 3 rings (SSSR count). The van der Waals surface area contributed by atoms with Crippen LogP contribution in [0.3, 0.4) is 0 Å². The van der Waals surface area contributed by atoms with Gasteiger partial charge in [0.1, 0.15) is 0 Å². The normalized spacial score (nSPS) is 11.5. The van der Waals surface area contributed by atoms with Crippen molar-refractivity contribution in [3.63, 3.8) is 0 Å². The van der Waals surface area contributed by atoms with E-state index >= 15 is 0 Å². The minimum Gasteiger partial charge on any atom is -0.407 e. The van der Waals surface area contributed by atoms with Gasteiger partial charge in [-0.15, -0.1) is 16.4 Å². The Morgan fingerprint density at radius 1 is 1.27 bits per heavy atom. The van der Waals surface area contributed by atoms with Crippen molar-refractivity contribution in [1.29, 1.82) is 0 Å². The van der Waals surface area contributed by atoms with Gasteiger partial charge in [0.2, 0.25) is 5.89 Å². The summed E-state index contributed by atoms with van der Waals surface area (Å²) in [5.74, 6) is -0.244. The SMILES string of the molecule is CCS(=O)(=O)c1cccc(C(=O)Nc2nnc(Cc3ccc(Cl)s3)o2)c1. The standard InChI is InChI=1S/C16H14ClN3O4S2/c1-2-26(22,23)12-5-3-4-10(8-12)15(21)18-16-20-19-14(24-16)9-11-6-7-13(17)25-11/h3-8H,2,9H2,1H3,(H,18,20,21). The number of anilines is 1. The number of carbonyl (C=O) groups excluding carboxylic acids is 1. The lowest BCUT2D eigenvalue weighted by molar-refractivity contribution is 0.102. The number of benzene rings is 1. The summed E-state index contributed by atoms with van der Waals surface area (Å²) >= 11 is 7.28. The fourth-order valence-corrected chi connectivity index (χ4v) is 4.14. The number of aromatic nitrogens is 2. The van der Waals surface area contributed by atoms with Crippen molar-refractivity contribution >= 4 is 44.7 Å². The molecule has 26 heavy (non-hydrogen) atoms. The van der Waals surface area contributed by atoms with Gasteiger partial charge in [0, 0.05) is 10.4 Å². The molecule has 2 heterocycles. The number of carbonyl (C=O) groups is 1. The molecule has 0 saturated heterocycles. The van der Waals surface area contributed by atoms with E-state index in [1.54, 1.807) is 13.0 Å². The predicted molar refractivity (Wildman–Crippen MR) is 98.6 cm³/mol. The molecule has 0 aliphatic carbocycles. The second-order valence-electron chi connectivity index (χ2n) is 5.27. The van der Waals surface area contributed by atoms with Gasteiger partial charge >= 0.3 is 6.01 Å². The molecule has 2 aromatic heterocycles. The number of rotatable bonds is 6. The molecule has 0 spiro atoms. The van der Waals surface area contributed by atoms with Crippen molar-refractivity contribution in [1.82, 2.24) is 10.2 Å². The Bertz CT molecular complexity index is 1040. The van der Waals surface area contributed by atoms with Crippen LogP contribution in [-0.4, -0.2) is 30.3 Å². The Kier molecular flexibility index (Phi) is 5.40. The van der Waals surface area contributed by atoms with Crippen molar-refractivity contribution in [3.8, 4) is 0 Å². The van der Waals surface area contributed by atoms with Crippen LogP contribution in [0.2, 0.25) is 4.34 Å². The van der Waals surface area contributed by atoms with Gasteiger partial charge in [0.05, 0.1) is 21.4 Å². The summed E-state index contributed by atoms with van der Waals surface area (Å²) < 4.78 is 29.9. The number of sulfone groups is 1. The molecule has 7 nitrogen and oxygen atoms in total. The molecule has 0 aliphatic rings. The fraction of sp³-hybridized carbons (Fsp3) is 0.188. The third-order valence-corrected chi connectivity index (χ3v) is 6.44. The van der Waals surface area contributed by atoms with Gasteiger partial charge in [0.15, 0.2) is 9.84 Å². The van der Waals surface area contributed by atoms with Crippen LogP contribution in [0.1, 0.15) is 28.0 Å². The van der Waals surface area contributed by atoms with Crippen molar-refractivity contribution in [2.45, 2.75) is 18.2 Å². The van der Waals surface area contributed by atoms with E-state index in [1.807, 2.05) is 6.07 Å². The van der Waals surface area contributed by atoms with Gasteiger partial charge in [-0.05, 0) is 30.3 Å². The number of halogens is 1. The van der Waals surface area contributed by atoms with Crippen molar-refractivity contribution in [3.05, 3.63) is 57.1 Å². The highest BCUT2D eigenvalue weighted by atomic mass is 35.5. The van der Waals surface area contributed by atoms with E-state index in [-0.39, 0.29) is 22.2 Å². The lowest BCUT2D eigenvalue weighted by Crippen LogP contribution is -2.13. The summed E-state index contributed by atoms with van der Waals surface area (Å²) in [7, 11) is -3.40. The number of hydrogen-bond acceptors (Lipinski definition) is 7. The average Bonchev–Trinajstić information content (AvgIpc) is 3.24. The number of hydrogen-bond donors (Lipinski definition) is 1. The maximum atomic E-state index is 12.3. The third kappa shape index (κ3) is 4.29. The Morgan fingerprint density at radius 3 is 2.77 bits per heavy atom. The van der Waals surface area contributed by atoms with Crippen molar-refractivity contribution in [2.75, 3.05) is 11.1 Å². The molecular weight excluding hydrogens is 398 g/mol. The van der Waals surface area contributed by atoms with E-state index in [0.717, 1.165) is 4.88 Å². The molecule has 0 aliphatic heterocycles. The first-order valence-corrected chi connectivity index (χ1v) is 10.4. The zero-order chi connectivity index (χ0) is 18.7. The van der Waals surface area contributed by atoms with Crippen LogP contribution in [0.25, 0.3) is 0 Å². The first-order valence-electron chi connectivity index (χ1n) is 7.58. The zero-order valence-electron chi connectivity index (χ0n) is 13.6.